The Morgan fingerprint density at radius 2 is 0.794 bits per heavy atom. The van der Waals surface area contributed by atoms with Crippen molar-refractivity contribution in [2.75, 3.05) is 0 Å². The summed E-state index contributed by atoms with van der Waals surface area (Å²) < 4.78 is 95.2. The normalized spacial score (nSPS) is 16.8. The molecule has 342 valence electrons. The van der Waals surface area contributed by atoms with E-state index in [1.54, 1.807) is 13.0 Å². The molecule has 0 aromatic heterocycles. The standard InChI is InChI=1S/C59H41F6I3/c1-35-15-21-53-43(29-35)48-34-42(20-26-54(48)57(53,58(60,61)62)59(63,64)65)68-40-18-24-50-46(32-40)45-31-39(17-23-49(45)55(50)27-9-4-10-28-55)67-41-19-25-52-47(33-41)44-30-38(66)16-22-51(44)56(52,36-11-5-2-6-12-36)37-13-7-3-8-14-37/h2-3,5-8,11-26,29-34H,4,9-10,27-28H2,1H3/q-2. The molecule has 8 aromatic carbocycles. The molecule has 8 aromatic rings. The van der Waals surface area contributed by atoms with Crippen LogP contribution in [0.2, 0.25) is 0 Å². The van der Waals surface area contributed by atoms with Gasteiger partial charge < -0.3 is 0 Å². The fraction of sp³-hybridized carbons (Fsp3) is 0.186. The number of hydrogen-bond acceptors (Lipinski definition) is 0. The summed E-state index contributed by atoms with van der Waals surface area (Å²) in [6.45, 7) is 1.69. The average molecular weight is 1240 g/mol. The number of benzene rings is 8. The van der Waals surface area contributed by atoms with E-state index in [4.69, 9.17) is 0 Å². The summed E-state index contributed by atoms with van der Waals surface area (Å²) in [5.41, 5.74) is 7.35. The Hall–Kier alpha value is -4.47. The molecule has 0 nitrogen and oxygen atoms in total. The predicted molar refractivity (Wildman–Crippen MR) is 256 cm³/mol. The Labute approximate surface area is 426 Å². The zero-order valence-corrected chi connectivity index (χ0v) is 43.1. The van der Waals surface area contributed by atoms with Gasteiger partial charge in [0.1, 0.15) is 0 Å². The van der Waals surface area contributed by atoms with Crippen LogP contribution >= 0.6 is 22.6 Å². The molecule has 4 aliphatic rings. The van der Waals surface area contributed by atoms with Gasteiger partial charge in [0.15, 0.2) is 0 Å². The Morgan fingerprint density at radius 1 is 0.412 bits per heavy atom. The van der Waals surface area contributed by atoms with Crippen molar-refractivity contribution in [3.63, 3.8) is 0 Å². The summed E-state index contributed by atoms with van der Waals surface area (Å²) in [7, 11) is 0. The summed E-state index contributed by atoms with van der Waals surface area (Å²) in [4.78, 5) is 0. The fourth-order valence-corrected chi connectivity index (χ4v) is 17.5. The van der Waals surface area contributed by atoms with Crippen LogP contribution in [-0.4, -0.2) is 12.4 Å². The molecule has 12 rings (SSSR count). The maximum atomic E-state index is 14.9. The second-order valence-corrected chi connectivity index (χ2v) is 25.9. The number of halogens is 9. The molecule has 1 spiro atoms. The molecule has 0 N–H and O–H groups in total. The van der Waals surface area contributed by atoms with Crippen LogP contribution in [0.1, 0.15) is 82.2 Å². The Balaban J connectivity index is 0.927. The fourth-order valence-electron chi connectivity index (χ4n) is 12.3. The van der Waals surface area contributed by atoms with Crippen LogP contribution in [0.3, 0.4) is 0 Å². The van der Waals surface area contributed by atoms with Crippen molar-refractivity contribution in [3.05, 3.63) is 238 Å². The van der Waals surface area contributed by atoms with Crippen LogP contribution in [0.25, 0.3) is 33.4 Å². The van der Waals surface area contributed by atoms with Crippen molar-refractivity contribution in [3.8, 4) is 33.4 Å². The van der Waals surface area contributed by atoms with Gasteiger partial charge in [-0.05, 0) is 0 Å². The number of fused-ring (bicyclic) bond motifs is 11. The van der Waals surface area contributed by atoms with Gasteiger partial charge in [-0.25, -0.2) is 0 Å². The summed E-state index contributed by atoms with van der Waals surface area (Å²) in [6.07, 6.45) is -5.50. The van der Waals surface area contributed by atoms with Crippen molar-refractivity contribution in [1.82, 2.24) is 0 Å². The SMILES string of the molecule is Cc1ccc2c(c1)-c1cc([I-]c3ccc4c(c3)-c3cc([I-]c5ccc6c(c5)-c5cc(I)ccc5C6(c5ccccc5)c5ccccc5)ccc3C43CCCCC3)ccc1C2(C(F)(F)F)C(F)(F)F. The van der Waals surface area contributed by atoms with Gasteiger partial charge in [0.25, 0.3) is 0 Å². The Morgan fingerprint density at radius 3 is 1.28 bits per heavy atom. The van der Waals surface area contributed by atoms with Crippen LogP contribution < -0.4 is 42.4 Å². The molecular weight excluding hydrogens is 1200 g/mol. The van der Waals surface area contributed by atoms with E-state index in [0.29, 0.717) is 5.56 Å². The molecule has 1 fully saturated rings. The first-order valence-corrected chi connectivity index (χ1v) is 28.2. The van der Waals surface area contributed by atoms with E-state index in [1.807, 2.05) is 0 Å². The van der Waals surface area contributed by atoms with Crippen molar-refractivity contribution in [2.24, 2.45) is 0 Å². The van der Waals surface area contributed by atoms with Crippen molar-refractivity contribution >= 4 is 22.6 Å². The third kappa shape index (κ3) is 6.55. The summed E-state index contributed by atoms with van der Waals surface area (Å²) in [5, 5.41) is 0. The van der Waals surface area contributed by atoms with Gasteiger partial charge in [-0.1, -0.05) is 0 Å². The molecule has 0 saturated heterocycles. The second-order valence-electron chi connectivity index (χ2n) is 18.6. The number of aryl methyl sites for hydroxylation is 1. The first-order chi connectivity index (χ1) is 32.7. The van der Waals surface area contributed by atoms with Crippen molar-refractivity contribution in [1.29, 1.82) is 0 Å². The molecule has 1 saturated carbocycles. The van der Waals surface area contributed by atoms with Crippen LogP contribution in [0.4, 0.5) is 26.3 Å². The van der Waals surface area contributed by atoms with Crippen molar-refractivity contribution < 1.29 is 68.8 Å². The third-order valence-electron chi connectivity index (χ3n) is 15.0. The summed E-state index contributed by atoms with van der Waals surface area (Å²) in [5.74, 6) is 0. The number of hydrogen-bond donors (Lipinski definition) is 0. The average Bonchev–Trinajstić information content (AvgIpc) is 3.89. The maximum absolute atomic E-state index is 14.9. The van der Waals surface area contributed by atoms with Gasteiger partial charge in [-0.3, -0.25) is 0 Å². The first kappa shape index (κ1) is 44.7. The Kier molecular flexibility index (Phi) is 10.7. The third-order valence-corrected chi connectivity index (χ3v) is 20.9. The zero-order chi connectivity index (χ0) is 46.8. The van der Waals surface area contributed by atoms with Crippen LogP contribution in [-0.2, 0) is 16.2 Å². The quantitative estimate of drug-likeness (QED) is 0.115. The summed E-state index contributed by atoms with van der Waals surface area (Å²) in [6, 6.07) is 57.7. The van der Waals surface area contributed by atoms with Gasteiger partial charge in [0.2, 0.25) is 0 Å². The number of rotatable bonds is 6. The molecule has 0 atom stereocenters. The zero-order valence-electron chi connectivity index (χ0n) is 36.6. The van der Waals surface area contributed by atoms with Gasteiger partial charge in [0.05, 0.1) is 0 Å². The molecule has 0 unspecified atom stereocenters. The van der Waals surface area contributed by atoms with E-state index >= 15 is 0 Å². The second kappa shape index (κ2) is 16.3. The van der Waals surface area contributed by atoms with E-state index in [9.17, 15) is 26.3 Å². The molecular formula is C59H41F6I3-2. The Bertz CT molecular complexity index is 3280. The molecule has 4 aliphatic carbocycles. The summed E-state index contributed by atoms with van der Waals surface area (Å²) >= 11 is 0.857. The van der Waals surface area contributed by atoms with E-state index in [1.165, 1.54) is 91.0 Å². The van der Waals surface area contributed by atoms with E-state index < -0.39 is 76.7 Å². The van der Waals surface area contributed by atoms with Crippen LogP contribution in [0.5, 0.6) is 0 Å². The number of alkyl halides is 6. The van der Waals surface area contributed by atoms with Crippen LogP contribution in [0, 0.1) is 24.8 Å². The predicted octanol–water partition coefficient (Wildman–Crippen LogP) is 9.84. The molecule has 0 heterocycles. The topological polar surface area (TPSA) is 0 Å². The van der Waals surface area contributed by atoms with E-state index in [2.05, 4.69) is 156 Å². The molecule has 0 bridgehead atoms. The minimum atomic E-state index is -5.58. The molecule has 68 heavy (non-hydrogen) atoms. The molecule has 0 radical (unpaired) electrons. The monoisotopic (exact) mass is 1240 g/mol. The molecule has 0 amide bonds. The van der Waals surface area contributed by atoms with Crippen LogP contribution in [0.15, 0.2) is 170 Å². The molecule has 9 heteroatoms. The first-order valence-electron chi connectivity index (χ1n) is 22.8. The van der Waals surface area contributed by atoms with Gasteiger partial charge >= 0.3 is 430 Å². The van der Waals surface area contributed by atoms with Crippen molar-refractivity contribution in [2.45, 2.75) is 67.6 Å². The van der Waals surface area contributed by atoms with Gasteiger partial charge in [-0.15, -0.1) is 0 Å². The minimum absolute atomic E-state index is 0.00695. The van der Waals surface area contributed by atoms with Gasteiger partial charge in [0, 0.05) is 0 Å². The van der Waals surface area contributed by atoms with Gasteiger partial charge in [-0.2, -0.15) is 0 Å². The molecule has 0 aliphatic heterocycles. The van der Waals surface area contributed by atoms with E-state index in [-0.39, 0.29) is 16.5 Å². The van der Waals surface area contributed by atoms with E-state index in [0.717, 1.165) is 45.0 Å².